The molecular weight excluding hydrogens is 342 g/mol. The van der Waals surface area contributed by atoms with Crippen molar-refractivity contribution in [1.29, 1.82) is 0 Å². The summed E-state index contributed by atoms with van der Waals surface area (Å²) >= 11 is 0. The molecule has 1 amide bonds. The van der Waals surface area contributed by atoms with E-state index >= 15 is 0 Å². The number of nitrogens with one attached hydrogen (secondary N) is 3. The Morgan fingerprint density at radius 3 is 2.37 bits per heavy atom. The summed E-state index contributed by atoms with van der Waals surface area (Å²) in [6.07, 6.45) is 0. The van der Waals surface area contributed by atoms with E-state index in [0.29, 0.717) is 17.8 Å². The van der Waals surface area contributed by atoms with Crippen molar-refractivity contribution in [3.8, 4) is 0 Å². The molecule has 1 fully saturated rings. The van der Waals surface area contributed by atoms with E-state index in [9.17, 15) is 9.59 Å². The average Bonchev–Trinajstić information content (AvgIpc) is 2.70. The number of benzene rings is 2. The highest BCUT2D eigenvalue weighted by Gasteiger charge is 2.24. The smallest absolute Gasteiger partial charge is 0.337 e. The molecule has 0 bridgehead atoms. The maximum Gasteiger partial charge on any atom is 0.337 e. The van der Waals surface area contributed by atoms with Crippen LogP contribution in [0, 0.1) is 0 Å². The molecule has 1 aliphatic rings. The van der Waals surface area contributed by atoms with Crippen molar-refractivity contribution in [1.82, 2.24) is 0 Å². The fourth-order valence-electron chi connectivity index (χ4n) is 3.47. The van der Waals surface area contributed by atoms with Crippen LogP contribution >= 0.6 is 0 Å². The van der Waals surface area contributed by atoms with Crippen LogP contribution in [0.15, 0.2) is 54.6 Å². The lowest BCUT2D eigenvalue weighted by molar-refractivity contribution is -1.02. The number of amides is 1. The van der Waals surface area contributed by atoms with Crippen molar-refractivity contribution >= 4 is 17.6 Å². The van der Waals surface area contributed by atoms with Gasteiger partial charge in [-0.2, -0.15) is 0 Å². The third kappa shape index (κ3) is 5.64. The molecule has 3 N–H and O–H groups in total. The molecule has 6 heteroatoms. The summed E-state index contributed by atoms with van der Waals surface area (Å²) in [7, 11) is 1.34. The highest BCUT2D eigenvalue weighted by Crippen LogP contribution is 2.11. The van der Waals surface area contributed by atoms with Crippen molar-refractivity contribution in [2.45, 2.75) is 6.54 Å². The van der Waals surface area contributed by atoms with Gasteiger partial charge in [0, 0.05) is 11.3 Å². The molecule has 2 aromatic rings. The molecule has 0 aliphatic carbocycles. The average molecular weight is 369 g/mol. The summed E-state index contributed by atoms with van der Waals surface area (Å²) < 4.78 is 4.71. The van der Waals surface area contributed by atoms with Gasteiger partial charge in [0.1, 0.15) is 32.7 Å². The molecule has 1 saturated heterocycles. The zero-order valence-electron chi connectivity index (χ0n) is 15.7. The minimum Gasteiger partial charge on any atom is -0.465 e. The molecule has 0 atom stereocenters. The first kappa shape index (κ1) is 19.1. The summed E-state index contributed by atoms with van der Waals surface area (Å²) in [6.45, 7) is 5.59. The number of hydrogen-bond donors (Lipinski definition) is 3. The summed E-state index contributed by atoms with van der Waals surface area (Å²) in [5.41, 5.74) is 2.41. The van der Waals surface area contributed by atoms with Crippen LogP contribution in [0.5, 0.6) is 0 Å². The van der Waals surface area contributed by atoms with Gasteiger partial charge in [0.05, 0.1) is 12.7 Å². The molecule has 0 spiro atoms. The van der Waals surface area contributed by atoms with Crippen molar-refractivity contribution in [2.24, 2.45) is 0 Å². The number of carbonyl (C=O) groups is 2. The van der Waals surface area contributed by atoms with E-state index in [0.717, 1.165) is 32.7 Å². The fourth-order valence-corrected chi connectivity index (χ4v) is 3.47. The lowest BCUT2D eigenvalue weighted by Gasteiger charge is -2.29. The number of ether oxygens (including phenoxy) is 1. The summed E-state index contributed by atoms with van der Waals surface area (Å²) in [5.74, 6) is -0.437. The molecule has 0 unspecified atom stereocenters. The standard InChI is InChI=1S/C21H25N3O3/c1-27-21(26)18-8-5-9-19(14-18)22-20(25)16-24-12-10-23(11-13-24)15-17-6-3-2-4-7-17/h2-9,14H,10-13,15-16H2,1H3,(H,22,25)/p+2. The van der Waals surface area contributed by atoms with E-state index in [4.69, 9.17) is 4.74 Å². The Morgan fingerprint density at radius 1 is 0.963 bits per heavy atom. The van der Waals surface area contributed by atoms with Crippen molar-refractivity contribution < 1.29 is 24.1 Å². The van der Waals surface area contributed by atoms with Gasteiger partial charge in [0.2, 0.25) is 0 Å². The zero-order valence-corrected chi connectivity index (χ0v) is 15.7. The van der Waals surface area contributed by atoms with Crippen LogP contribution in [-0.4, -0.2) is 51.7 Å². The van der Waals surface area contributed by atoms with Gasteiger partial charge in [-0.1, -0.05) is 36.4 Å². The van der Waals surface area contributed by atoms with Crippen LogP contribution in [-0.2, 0) is 16.1 Å². The van der Waals surface area contributed by atoms with Crippen LogP contribution < -0.4 is 15.1 Å². The van der Waals surface area contributed by atoms with Gasteiger partial charge in [-0.3, -0.25) is 4.79 Å². The van der Waals surface area contributed by atoms with Gasteiger partial charge in [-0.25, -0.2) is 4.79 Å². The Labute approximate surface area is 159 Å². The molecular formula is C21H27N3O3+2. The number of carbonyl (C=O) groups excluding carboxylic acids is 2. The predicted octanol–water partition coefficient (Wildman–Crippen LogP) is -0.605. The fraction of sp³-hybridized carbons (Fsp3) is 0.333. The van der Waals surface area contributed by atoms with Gasteiger partial charge in [0.15, 0.2) is 6.54 Å². The largest absolute Gasteiger partial charge is 0.465 e. The number of esters is 1. The van der Waals surface area contributed by atoms with Crippen LogP contribution in [0.2, 0.25) is 0 Å². The lowest BCUT2D eigenvalue weighted by Crippen LogP contribution is -3.28. The number of methoxy groups -OCH3 is 1. The van der Waals surface area contributed by atoms with Crippen LogP contribution in [0.4, 0.5) is 5.69 Å². The molecule has 27 heavy (non-hydrogen) atoms. The maximum atomic E-state index is 12.3. The number of rotatable bonds is 6. The first-order valence-corrected chi connectivity index (χ1v) is 9.33. The first-order chi connectivity index (χ1) is 13.1. The molecule has 1 aliphatic heterocycles. The van der Waals surface area contributed by atoms with Gasteiger partial charge in [-0.05, 0) is 18.2 Å². The summed E-state index contributed by atoms with van der Waals surface area (Å²) in [6, 6.07) is 17.4. The number of piperazine rings is 1. The van der Waals surface area contributed by atoms with E-state index in [1.807, 2.05) is 6.07 Å². The van der Waals surface area contributed by atoms with Gasteiger partial charge in [-0.15, -0.1) is 0 Å². The molecule has 3 rings (SSSR count). The highest BCUT2D eigenvalue weighted by atomic mass is 16.5. The second-order valence-electron chi connectivity index (χ2n) is 6.96. The number of quaternary nitrogens is 2. The van der Waals surface area contributed by atoms with E-state index in [1.54, 1.807) is 29.2 Å². The van der Waals surface area contributed by atoms with Crippen molar-refractivity contribution in [3.05, 3.63) is 65.7 Å². The molecule has 1 heterocycles. The maximum absolute atomic E-state index is 12.3. The normalized spacial score (nSPS) is 19.3. The van der Waals surface area contributed by atoms with Crippen molar-refractivity contribution in [2.75, 3.05) is 45.2 Å². The topological polar surface area (TPSA) is 64.3 Å². The molecule has 0 radical (unpaired) electrons. The first-order valence-electron chi connectivity index (χ1n) is 9.33. The molecule has 2 aromatic carbocycles. The van der Waals surface area contributed by atoms with Crippen LogP contribution in [0.1, 0.15) is 15.9 Å². The van der Waals surface area contributed by atoms with Crippen LogP contribution in [0.3, 0.4) is 0 Å². The Morgan fingerprint density at radius 2 is 1.67 bits per heavy atom. The molecule has 0 aromatic heterocycles. The van der Waals surface area contributed by atoms with Gasteiger partial charge >= 0.3 is 5.97 Å². The second-order valence-corrected chi connectivity index (χ2v) is 6.96. The Kier molecular flexibility index (Phi) is 6.57. The molecule has 142 valence electrons. The quantitative estimate of drug-likeness (QED) is 0.596. The summed E-state index contributed by atoms with van der Waals surface area (Å²) in [5, 5.41) is 2.89. The second kappa shape index (κ2) is 9.30. The third-order valence-electron chi connectivity index (χ3n) is 4.94. The minimum atomic E-state index is -0.408. The minimum absolute atomic E-state index is 0.0291. The number of anilines is 1. The predicted molar refractivity (Wildman–Crippen MR) is 103 cm³/mol. The Bertz CT molecular complexity index is 771. The van der Waals surface area contributed by atoms with Gasteiger partial charge in [0.25, 0.3) is 5.91 Å². The van der Waals surface area contributed by atoms with E-state index in [-0.39, 0.29) is 5.91 Å². The summed E-state index contributed by atoms with van der Waals surface area (Å²) in [4.78, 5) is 26.8. The molecule has 0 saturated carbocycles. The van der Waals surface area contributed by atoms with E-state index in [1.165, 1.54) is 17.6 Å². The number of hydrogen-bond acceptors (Lipinski definition) is 3. The lowest BCUT2D eigenvalue weighted by atomic mass is 10.2. The van der Waals surface area contributed by atoms with Gasteiger partial charge < -0.3 is 19.9 Å². The Hall–Kier alpha value is -2.70. The monoisotopic (exact) mass is 369 g/mol. The van der Waals surface area contributed by atoms with Crippen LogP contribution in [0.25, 0.3) is 0 Å². The SMILES string of the molecule is COC(=O)c1cccc(NC(=O)C[NH+]2CC[NH+](Cc3ccccc3)CC2)c1. The highest BCUT2D eigenvalue weighted by molar-refractivity contribution is 5.94. The zero-order chi connectivity index (χ0) is 19.1. The third-order valence-corrected chi connectivity index (χ3v) is 4.94. The molecule has 6 nitrogen and oxygen atoms in total. The van der Waals surface area contributed by atoms with E-state index in [2.05, 4.69) is 29.6 Å². The Balaban J connectivity index is 1.45. The van der Waals surface area contributed by atoms with E-state index < -0.39 is 5.97 Å². The van der Waals surface area contributed by atoms with Crippen molar-refractivity contribution in [3.63, 3.8) is 0 Å².